The lowest BCUT2D eigenvalue weighted by Crippen LogP contribution is -2.58. The molecule has 0 spiro atoms. The van der Waals surface area contributed by atoms with E-state index in [9.17, 15) is 4.79 Å². The van der Waals surface area contributed by atoms with Crippen LogP contribution in [0.1, 0.15) is 25.0 Å². The summed E-state index contributed by atoms with van der Waals surface area (Å²) in [4.78, 5) is 14.4. The van der Waals surface area contributed by atoms with Gasteiger partial charge in [-0.15, -0.1) is 0 Å². The zero-order valence-electron chi connectivity index (χ0n) is 11.8. The minimum atomic E-state index is 0.0141. The summed E-state index contributed by atoms with van der Waals surface area (Å²) in [6, 6.07) is 6.10. The quantitative estimate of drug-likeness (QED) is 0.906. The Morgan fingerprint density at radius 3 is 2.89 bits per heavy atom. The Bertz CT molecular complexity index is 485. The molecule has 0 radical (unpaired) electrons. The lowest BCUT2D eigenvalue weighted by molar-refractivity contribution is -0.132. The summed E-state index contributed by atoms with van der Waals surface area (Å²) < 4.78 is 1.03. The molecule has 1 heterocycles. The van der Waals surface area contributed by atoms with Crippen LogP contribution in [0.5, 0.6) is 0 Å². The van der Waals surface area contributed by atoms with Crippen molar-refractivity contribution in [3.8, 4) is 0 Å². The molecule has 1 aliphatic heterocycles. The van der Waals surface area contributed by atoms with Gasteiger partial charge in [0, 0.05) is 29.6 Å². The van der Waals surface area contributed by atoms with Gasteiger partial charge in [0.2, 0.25) is 5.91 Å². The van der Waals surface area contributed by atoms with E-state index >= 15 is 0 Å². The first-order valence-electron chi connectivity index (χ1n) is 6.65. The summed E-state index contributed by atoms with van der Waals surface area (Å²) in [5, 5.41) is 3.43. The first-order valence-corrected chi connectivity index (χ1v) is 7.44. The largest absolute Gasteiger partial charge is 0.339 e. The Morgan fingerprint density at radius 1 is 1.47 bits per heavy atom. The Kier molecular flexibility index (Phi) is 4.31. The zero-order valence-corrected chi connectivity index (χ0v) is 13.4. The number of amides is 1. The SMILES string of the molecule is Cc1ccc(Br)cc1CC(=O)N1CCNC(C)(C)C1. The van der Waals surface area contributed by atoms with Crippen molar-refractivity contribution in [2.45, 2.75) is 32.7 Å². The van der Waals surface area contributed by atoms with Crippen LogP contribution in [-0.2, 0) is 11.2 Å². The van der Waals surface area contributed by atoms with Crippen molar-refractivity contribution >= 4 is 21.8 Å². The van der Waals surface area contributed by atoms with Gasteiger partial charge in [0.1, 0.15) is 0 Å². The van der Waals surface area contributed by atoms with E-state index in [1.165, 1.54) is 5.56 Å². The van der Waals surface area contributed by atoms with Gasteiger partial charge >= 0.3 is 0 Å². The minimum absolute atomic E-state index is 0.0141. The molecule has 1 aliphatic rings. The van der Waals surface area contributed by atoms with Crippen LogP contribution in [0.25, 0.3) is 0 Å². The molecule has 1 fully saturated rings. The van der Waals surface area contributed by atoms with Crippen molar-refractivity contribution < 1.29 is 4.79 Å². The van der Waals surface area contributed by atoms with Gasteiger partial charge < -0.3 is 10.2 Å². The number of benzene rings is 1. The number of hydrogen-bond acceptors (Lipinski definition) is 2. The third-order valence-electron chi connectivity index (χ3n) is 3.58. The number of aryl methyl sites for hydroxylation is 1. The van der Waals surface area contributed by atoms with Gasteiger partial charge in [-0.2, -0.15) is 0 Å². The van der Waals surface area contributed by atoms with Crippen molar-refractivity contribution in [2.75, 3.05) is 19.6 Å². The molecule has 0 aliphatic carbocycles. The van der Waals surface area contributed by atoms with Crippen LogP contribution in [0.4, 0.5) is 0 Å². The molecule has 1 aromatic rings. The summed E-state index contributed by atoms with van der Waals surface area (Å²) in [6.45, 7) is 8.77. The molecule has 1 aromatic carbocycles. The third kappa shape index (κ3) is 3.80. The second kappa shape index (κ2) is 5.63. The number of carbonyl (C=O) groups excluding carboxylic acids is 1. The molecule has 0 aromatic heterocycles. The van der Waals surface area contributed by atoms with Crippen molar-refractivity contribution in [1.82, 2.24) is 10.2 Å². The third-order valence-corrected chi connectivity index (χ3v) is 4.07. The summed E-state index contributed by atoms with van der Waals surface area (Å²) in [5.74, 6) is 0.218. The molecule has 1 N–H and O–H groups in total. The smallest absolute Gasteiger partial charge is 0.227 e. The van der Waals surface area contributed by atoms with Crippen molar-refractivity contribution in [1.29, 1.82) is 0 Å². The Hall–Kier alpha value is -0.870. The molecular weight excluding hydrogens is 304 g/mol. The van der Waals surface area contributed by atoms with Gasteiger partial charge in [0.25, 0.3) is 0 Å². The normalized spacial score (nSPS) is 18.4. The van der Waals surface area contributed by atoms with E-state index < -0.39 is 0 Å². The highest BCUT2D eigenvalue weighted by Gasteiger charge is 2.28. The zero-order chi connectivity index (χ0) is 14.0. The van der Waals surface area contributed by atoms with Crippen molar-refractivity contribution in [2.24, 2.45) is 0 Å². The van der Waals surface area contributed by atoms with Gasteiger partial charge in [-0.3, -0.25) is 4.79 Å². The second-order valence-electron chi connectivity index (χ2n) is 5.87. The van der Waals surface area contributed by atoms with Crippen molar-refractivity contribution in [3.63, 3.8) is 0 Å². The molecule has 0 atom stereocenters. The predicted octanol–water partition coefficient (Wildman–Crippen LogP) is 2.51. The molecular formula is C15H21BrN2O. The molecule has 0 unspecified atom stereocenters. The molecule has 3 nitrogen and oxygen atoms in total. The molecule has 104 valence electrons. The van der Waals surface area contributed by atoms with Crippen LogP contribution >= 0.6 is 15.9 Å². The van der Waals surface area contributed by atoms with Crippen LogP contribution in [-0.4, -0.2) is 36.0 Å². The van der Waals surface area contributed by atoms with Gasteiger partial charge in [-0.25, -0.2) is 0 Å². The average molecular weight is 325 g/mol. The fourth-order valence-electron chi connectivity index (χ4n) is 2.46. The molecule has 0 saturated carbocycles. The summed E-state index contributed by atoms with van der Waals surface area (Å²) in [6.07, 6.45) is 0.487. The number of rotatable bonds is 2. The van der Waals surface area contributed by atoms with Crippen molar-refractivity contribution in [3.05, 3.63) is 33.8 Å². The van der Waals surface area contributed by atoms with Crippen LogP contribution in [0.15, 0.2) is 22.7 Å². The summed E-state index contributed by atoms with van der Waals surface area (Å²) >= 11 is 3.47. The van der Waals surface area contributed by atoms with Crippen LogP contribution in [0.2, 0.25) is 0 Å². The molecule has 1 saturated heterocycles. The van der Waals surface area contributed by atoms with Gasteiger partial charge in [0.15, 0.2) is 0 Å². The standard InChI is InChI=1S/C15H21BrN2O/c1-11-4-5-13(16)8-12(11)9-14(19)18-7-6-17-15(2,3)10-18/h4-5,8,17H,6-7,9-10H2,1-3H3. The van der Waals surface area contributed by atoms with E-state index in [0.29, 0.717) is 6.42 Å². The fraction of sp³-hybridized carbons (Fsp3) is 0.533. The monoisotopic (exact) mass is 324 g/mol. The maximum atomic E-state index is 12.4. The van der Waals surface area contributed by atoms with Crippen LogP contribution in [0, 0.1) is 6.92 Å². The van der Waals surface area contributed by atoms with E-state index in [0.717, 1.165) is 29.7 Å². The number of nitrogens with one attached hydrogen (secondary N) is 1. The van der Waals surface area contributed by atoms with E-state index in [4.69, 9.17) is 0 Å². The van der Waals surface area contributed by atoms with E-state index in [1.54, 1.807) is 0 Å². The van der Waals surface area contributed by atoms with Gasteiger partial charge in [-0.1, -0.05) is 22.0 Å². The van der Waals surface area contributed by atoms with E-state index in [1.807, 2.05) is 23.1 Å². The maximum Gasteiger partial charge on any atom is 0.227 e. The van der Waals surface area contributed by atoms with Gasteiger partial charge in [0.05, 0.1) is 6.42 Å². The molecule has 4 heteroatoms. The molecule has 1 amide bonds. The highest BCUT2D eigenvalue weighted by molar-refractivity contribution is 9.10. The molecule has 2 rings (SSSR count). The predicted molar refractivity (Wildman–Crippen MR) is 81.2 cm³/mol. The minimum Gasteiger partial charge on any atom is -0.339 e. The Balaban J connectivity index is 2.06. The van der Waals surface area contributed by atoms with Gasteiger partial charge in [-0.05, 0) is 44.0 Å². The van der Waals surface area contributed by atoms with E-state index in [-0.39, 0.29) is 11.4 Å². The number of piperazine rings is 1. The first kappa shape index (κ1) is 14.5. The second-order valence-corrected chi connectivity index (χ2v) is 6.79. The highest BCUT2D eigenvalue weighted by atomic mass is 79.9. The number of hydrogen-bond donors (Lipinski definition) is 1. The topological polar surface area (TPSA) is 32.3 Å². The van der Waals surface area contributed by atoms with Crippen LogP contribution < -0.4 is 5.32 Å². The number of nitrogens with zero attached hydrogens (tertiary/aromatic N) is 1. The molecule has 0 bridgehead atoms. The lowest BCUT2D eigenvalue weighted by atomic mass is 10.0. The number of halogens is 1. The Morgan fingerprint density at radius 2 is 2.21 bits per heavy atom. The highest BCUT2D eigenvalue weighted by Crippen LogP contribution is 2.18. The van der Waals surface area contributed by atoms with Crippen LogP contribution in [0.3, 0.4) is 0 Å². The average Bonchev–Trinajstić information content (AvgIpc) is 2.32. The lowest BCUT2D eigenvalue weighted by Gasteiger charge is -2.39. The summed E-state index contributed by atoms with van der Waals surface area (Å²) in [5.41, 5.74) is 2.29. The first-order chi connectivity index (χ1) is 8.87. The number of carbonyl (C=O) groups is 1. The van der Waals surface area contributed by atoms with E-state index in [2.05, 4.69) is 42.0 Å². The molecule has 19 heavy (non-hydrogen) atoms. The maximum absolute atomic E-state index is 12.4. The fourth-order valence-corrected chi connectivity index (χ4v) is 2.87. The summed E-state index contributed by atoms with van der Waals surface area (Å²) in [7, 11) is 0. The Labute approximate surface area is 123 Å².